The zero-order chi connectivity index (χ0) is 13.7. The Balaban J connectivity index is 1.92. The summed E-state index contributed by atoms with van der Waals surface area (Å²) < 4.78 is 6.01. The van der Waals surface area contributed by atoms with Crippen LogP contribution in [0, 0.1) is 0 Å². The molecule has 0 N–H and O–H groups in total. The topological polar surface area (TPSA) is 32.8 Å². The number of halogens is 1. The lowest BCUT2D eigenvalue weighted by Gasteiger charge is -2.21. The van der Waals surface area contributed by atoms with E-state index >= 15 is 0 Å². The van der Waals surface area contributed by atoms with Crippen molar-refractivity contribution in [1.29, 1.82) is 0 Å². The van der Waals surface area contributed by atoms with Crippen LogP contribution >= 0.6 is 27.3 Å². The molecule has 1 aromatic heterocycles. The van der Waals surface area contributed by atoms with Crippen molar-refractivity contribution in [3.05, 3.63) is 20.8 Å². The summed E-state index contributed by atoms with van der Waals surface area (Å²) in [7, 11) is 1.72. The molecule has 4 nitrogen and oxygen atoms in total. The minimum absolute atomic E-state index is 0.149. The lowest BCUT2D eigenvalue weighted by molar-refractivity contribution is 0.0763. The predicted molar refractivity (Wildman–Crippen MR) is 80.9 cm³/mol. The van der Waals surface area contributed by atoms with Gasteiger partial charge in [-0.15, -0.1) is 11.3 Å². The Hall–Kier alpha value is -0.430. The van der Waals surface area contributed by atoms with Gasteiger partial charge < -0.3 is 9.64 Å². The number of ether oxygens (including phenoxy) is 1. The van der Waals surface area contributed by atoms with Crippen LogP contribution < -0.4 is 0 Å². The third kappa shape index (κ3) is 4.02. The highest BCUT2D eigenvalue weighted by Crippen LogP contribution is 2.24. The standard InChI is InChI=1S/C13H19BrN2O2S/c1-18-9-8-15-4-2-5-16(7-6-15)13(17)12-11(14)3-10-19-12/h3,10H,2,4-9H2,1H3. The van der Waals surface area contributed by atoms with Gasteiger partial charge in [-0.2, -0.15) is 0 Å². The fourth-order valence-corrected chi connectivity index (χ4v) is 3.72. The Labute approximate surface area is 126 Å². The van der Waals surface area contributed by atoms with Gasteiger partial charge in [-0.1, -0.05) is 0 Å². The lowest BCUT2D eigenvalue weighted by atomic mass is 10.3. The Morgan fingerprint density at radius 3 is 2.95 bits per heavy atom. The minimum Gasteiger partial charge on any atom is -0.383 e. The van der Waals surface area contributed by atoms with Gasteiger partial charge in [0.25, 0.3) is 5.91 Å². The Morgan fingerprint density at radius 1 is 1.42 bits per heavy atom. The van der Waals surface area contributed by atoms with Crippen molar-refractivity contribution in [3.63, 3.8) is 0 Å². The van der Waals surface area contributed by atoms with Gasteiger partial charge >= 0.3 is 0 Å². The highest BCUT2D eigenvalue weighted by molar-refractivity contribution is 9.10. The molecule has 106 valence electrons. The molecule has 1 aliphatic rings. The molecule has 0 saturated carbocycles. The van der Waals surface area contributed by atoms with Crippen molar-refractivity contribution in [2.45, 2.75) is 6.42 Å². The largest absolute Gasteiger partial charge is 0.383 e. The van der Waals surface area contributed by atoms with Crippen molar-refractivity contribution in [1.82, 2.24) is 9.80 Å². The first-order valence-electron chi connectivity index (χ1n) is 6.46. The molecule has 19 heavy (non-hydrogen) atoms. The van der Waals surface area contributed by atoms with Gasteiger partial charge in [0.05, 0.1) is 6.61 Å². The van der Waals surface area contributed by atoms with Crippen LogP contribution in [0.5, 0.6) is 0 Å². The first-order valence-corrected chi connectivity index (χ1v) is 8.13. The Morgan fingerprint density at radius 2 is 2.26 bits per heavy atom. The molecule has 0 spiro atoms. The second-order valence-corrected chi connectivity index (χ2v) is 6.35. The zero-order valence-corrected chi connectivity index (χ0v) is 13.5. The molecule has 2 rings (SSSR count). The number of amides is 1. The minimum atomic E-state index is 0.149. The SMILES string of the molecule is COCCN1CCCN(C(=O)c2sccc2Br)CC1. The van der Waals surface area contributed by atoms with Crippen LogP contribution in [0.3, 0.4) is 0 Å². The fourth-order valence-electron chi connectivity index (χ4n) is 2.21. The number of methoxy groups -OCH3 is 1. The summed E-state index contributed by atoms with van der Waals surface area (Å²) >= 11 is 4.94. The van der Waals surface area contributed by atoms with Crippen LogP contribution in [0.25, 0.3) is 0 Å². The molecular formula is C13H19BrN2O2S. The molecular weight excluding hydrogens is 328 g/mol. The highest BCUT2D eigenvalue weighted by Gasteiger charge is 2.22. The summed E-state index contributed by atoms with van der Waals surface area (Å²) in [6.07, 6.45) is 1.03. The van der Waals surface area contributed by atoms with Gasteiger partial charge in [-0.05, 0) is 40.3 Å². The lowest BCUT2D eigenvalue weighted by Crippen LogP contribution is -2.35. The number of hydrogen-bond donors (Lipinski definition) is 0. The molecule has 1 fully saturated rings. The Bertz CT molecular complexity index is 425. The first-order chi connectivity index (χ1) is 9.22. The van der Waals surface area contributed by atoms with E-state index in [0.717, 1.165) is 55.1 Å². The van der Waals surface area contributed by atoms with E-state index in [-0.39, 0.29) is 5.91 Å². The van der Waals surface area contributed by atoms with Crippen molar-refractivity contribution < 1.29 is 9.53 Å². The van der Waals surface area contributed by atoms with E-state index in [2.05, 4.69) is 20.8 Å². The van der Waals surface area contributed by atoms with Crippen LogP contribution in [0.2, 0.25) is 0 Å². The quantitative estimate of drug-likeness (QED) is 0.838. The smallest absolute Gasteiger partial charge is 0.265 e. The number of thiophene rings is 1. The molecule has 1 aromatic rings. The first kappa shape index (κ1) is 15.0. The number of carbonyl (C=O) groups is 1. The number of rotatable bonds is 4. The van der Waals surface area contributed by atoms with Crippen molar-refractivity contribution >= 4 is 33.2 Å². The molecule has 1 aliphatic heterocycles. The normalized spacial score (nSPS) is 17.5. The summed E-state index contributed by atoms with van der Waals surface area (Å²) in [6, 6.07) is 1.93. The second kappa shape index (κ2) is 7.38. The molecule has 2 heterocycles. The average Bonchev–Trinajstić information content (AvgIpc) is 2.71. The van der Waals surface area contributed by atoms with Gasteiger partial charge in [-0.3, -0.25) is 9.69 Å². The van der Waals surface area contributed by atoms with Crippen molar-refractivity contribution in [2.75, 3.05) is 46.4 Å². The van der Waals surface area contributed by atoms with E-state index in [4.69, 9.17) is 4.74 Å². The van der Waals surface area contributed by atoms with Crippen molar-refractivity contribution in [2.24, 2.45) is 0 Å². The van der Waals surface area contributed by atoms with Crippen LogP contribution in [0.4, 0.5) is 0 Å². The zero-order valence-electron chi connectivity index (χ0n) is 11.1. The van der Waals surface area contributed by atoms with E-state index in [1.807, 2.05) is 16.3 Å². The maximum Gasteiger partial charge on any atom is 0.265 e. The monoisotopic (exact) mass is 346 g/mol. The number of nitrogens with zero attached hydrogens (tertiary/aromatic N) is 2. The maximum absolute atomic E-state index is 12.4. The van der Waals surface area contributed by atoms with E-state index in [1.165, 1.54) is 11.3 Å². The van der Waals surface area contributed by atoms with Gasteiger partial charge in [0.1, 0.15) is 4.88 Å². The second-order valence-electron chi connectivity index (χ2n) is 4.58. The third-order valence-corrected chi connectivity index (χ3v) is 5.12. The molecule has 1 saturated heterocycles. The molecule has 6 heteroatoms. The van der Waals surface area contributed by atoms with E-state index in [9.17, 15) is 4.79 Å². The molecule has 0 radical (unpaired) electrons. The molecule has 0 unspecified atom stereocenters. The molecule has 0 aliphatic carbocycles. The molecule has 1 amide bonds. The van der Waals surface area contributed by atoms with Crippen LogP contribution in [0.15, 0.2) is 15.9 Å². The highest BCUT2D eigenvalue weighted by atomic mass is 79.9. The van der Waals surface area contributed by atoms with Crippen LogP contribution in [-0.2, 0) is 4.74 Å². The third-order valence-electron chi connectivity index (χ3n) is 3.30. The molecule has 0 atom stereocenters. The summed E-state index contributed by atoms with van der Waals surface area (Å²) in [5.41, 5.74) is 0. The average molecular weight is 347 g/mol. The molecule has 0 aromatic carbocycles. The predicted octanol–water partition coefficient (Wildman–Crippen LogP) is 2.30. The number of hydrogen-bond acceptors (Lipinski definition) is 4. The molecule has 0 bridgehead atoms. The summed E-state index contributed by atoms with van der Waals surface area (Å²) in [5.74, 6) is 0.149. The number of carbonyl (C=O) groups excluding carboxylic acids is 1. The van der Waals surface area contributed by atoms with E-state index < -0.39 is 0 Å². The maximum atomic E-state index is 12.4. The van der Waals surface area contributed by atoms with Gasteiger partial charge in [0.2, 0.25) is 0 Å². The fraction of sp³-hybridized carbons (Fsp3) is 0.615. The van der Waals surface area contributed by atoms with E-state index in [1.54, 1.807) is 7.11 Å². The van der Waals surface area contributed by atoms with Crippen molar-refractivity contribution in [3.8, 4) is 0 Å². The summed E-state index contributed by atoms with van der Waals surface area (Å²) in [4.78, 5) is 17.6. The van der Waals surface area contributed by atoms with Crippen LogP contribution in [0.1, 0.15) is 16.1 Å². The van der Waals surface area contributed by atoms with Gasteiger partial charge in [-0.25, -0.2) is 0 Å². The summed E-state index contributed by atoms with van der Waals surface area (Å²) in [5, 5.41) is 1.94. The summed E-state index contributed by atoms with van der Waals surface area (Å²) in [6.45, 7) is 5.31. The van der Waals surface area contributed by atoms with Gasteiger partial charge in [0, 0.05) is 37.8 Å². The Kier molecular flexibility index (Phi) is 5.81. The van der Waals surface area contributed by atoms with Crippen LogP contribution in [-0.4, -0.2) is 62.1 Å². The van der Waals surface area contributed by atoms with E-state index in [0.29, 0.717) is 0 Å². The van der Waals surface area contributed by atoms with Gasteiger partial charge in [0.15, 0.2) is 0 Å².